The number of fused-ring (bicyclic) bond motifs is 1. The van der Waals surface area contributed by atoms with E-state index in [2.05, 4.69) is 10.3 Å². The van der Waals surface area contributed by atoms with Crippen LogP contribution in [0.5, 0.6) is 11.5 Å². The summed E-state index contributed by atoms with van der Waals surface area (Å²) in [6, 6.07) is 5.42. The largest absolute Gasteiger partial charge is 0.486 e. The molecule has 1 atom stereocenters. The molecule has 116 valence electrons. The van der Waals surface area contributed by atoms with Crippen molar-refractivity contribution in [1.29, 1.82) is 0 Å². The van der Waals surface area contributed by atoms with Crippen LogP contribution in [0.25, 0.3) is 0 Å². The van der Waals surface area contributed by atoms with Crippen molar-refractivity contribution in [3.8, 4) is 11.5 Å². The molecule has 0 fully saturated rings. The highest BCUT2D eigenvalue weighted by Crippen LogP contribution is 2.33. The molecule has 0 aliphatic carbocycles. The second kappa shape index (κ2) is 6.58. The van der Waals surface area contributed by atoms with Crippen LogP contribution in [-0.2, 0) is 4.79 Å². The summed E-state index contributed by atoms with van der Waals surface area (Å²) in [5, 5.41) is 4.66. The van der Waals surface area contributed by atoms with Crippen LogP contribution in [0.15, 0.2) is 27.9 Å². The number of amides is 1. The lowest BCUT2D eigenvalue weighted by Crippen LogP contribution is -2.22. The molecule has 2 aromatic rings. The number of thiazole rings is 1. The van der Waals surface area contributed by atoms with E-state index in [9.17, 15) is 4.79 Å². The topological polar surface area (TPSA) is 60.5 Å². The van der Waals surface area contributed by atoms with Gasteiger partial charge in [-0.25, -0.2) is 4.98 Å². The van der Waals surface area contributed by atoms with Crippen molar-refractivity contribution in [2.24, 2.45) is 0 Å². The molecule has 0 spiro atoms. The average Bonchev–Trinajstić information content (AvgIpc) is 2.92. The summed E-state index contributed by atoms with van der Waals surface area (Å²) in [6.45, 7) is 4.90. The first-order valence-corrected chi connectivity index (χ1v) is 8.67. The number of nitrogens with zero attached hydrogens (tertiary/aromatic N) is 1. The van der Waals surface area contributed by atoms with Crippen molar-refractivity contribution >= 4 is 34.7 Å². The van der Waals surface area contributed by atoms with Crippen molar-refractivity contribution in [2.45, 2.75) is 23.4 Å². The number of anilines is 1. The highest BCUT2D eigenvalue weighted by atomic mass is 32.2. The molecule has 0 saturated heterocycles. The third-order valence-corrected chi connectivity index (χ3v) is 5.24. The van der Waals surface area contributed by atoms with Gasteiger partial charge in [0, 0.05) is 22.8 Å². The van der Waals surface area contributed by atoms with Gasteiger partial charge in [0.25, 0.3) is 0 Å². The Hall–Kier alpha value is -1.73. The van der Waals surface area contributed by atoms with E-state index in [-0.39, 0.29) is 11.2 Å². The standard InChI is InChI=1S/C15H16N2O3S2/c1-9-8-21-15(16-9)22-10(2)14(18)17-11-3-4-12-13(7-11)20-6-5-19-12/h3-4,7-8,10H,5-6H2,1-2H3,(H,17,18)/t10-/m0/s1. The maximum absolute atomic E-state index is 12.3. The van der Waals surface area contributed by atoms with E-state index in [0.29, 0.717) is 30.4 Å². The molecule has 22 heavy (non-hydrogen) atoms. The van der Waals surface area contributed by atoms with Gasteiger partial charge in [0.2, 0.25) is 5.91 Å². The molecular formula is C15H16N2O3S2. The molecule has 1 aromatic heterocycles. The van der Waals surface area contributed by atoms with Crippen molar-refractivity contribution < 1.29 is 14.3 Å². The van der Waals surface area contributed by atoms with E-state index in [1.165, 1.54) is 11.8 Å². The van der Waals surface area contributed by atoms with Gasteiger partial charge in [-0.05, 0) is 26.0 Å². The minimum Gasteiger partial charge on any atom is -0.486 e. The van der Waals surface area contributed by atoms with Gasteiger partial charge in [0.1, 0.15) is 13.2 Å². The van der Waals surface area contributed by atoms with Crippen LogP contribution in [0.4, 0.5) is 5.69 Å². The maximum Gasteiger partial charge on any atom is 0.237 e. The van der Waals surface area contributed by atoms with Crippen LogP contribution in [0, 0.1) is 6.92 Å². The van der Waals surface area contributed by atoms with Gasteiger partial charge in [-0.15, -0.1) is 11.3 Å². The number of benzene rings is 1. The van der Waals surface area contributed by atoms with Gasteiger partial charge in [0.15, 0.2) is 15.8 Å². The van der Waals surface area contributed by atoms with E-state index < -0.39 is 0 Å². The fourth-order valence-corrected chi connectivity index (χ4v) is 3.94. The zero-order valence-electron chi connectivity index (χ0n) is 12.3. The third-order valence-electron chi connectivity index (χ3n) is 3.05. The molecule has 1 aliphatic rings. The van der Waals surface area contributed by atoms with Crippen LogP contribution in [0.1, 0.15) is 12.6 Å². The van der Waals surface area contributed by atoms with Gasteiger partial charge in [-0.3, -0.25) is 4.79 Å². The van der Waals surface area contributed by atoms with E-state index in [1.54, 1.807) is 17.4 Å². The number of hydrogen-bond acceptors (Lipinski definition) is 6. The molecule has 0 bridgehead atoms. The summed E-state index contributed by atoms with van der Waals surface area (Å²) >= 11 is 3.02. The number of nitrogens with one attached hydrogen (secondary N) is 1. The highest BCUT2D eigenvalue weighted by molar-refractivity contribution is 8.02. The Bertz CT molecular complexity index is 687. The predicted octanol–water partition coefficient (Wildman–Crippen LogP) is 3.34. The molecule has 2 heterocycles. The first-order valence-electron chi connectivity index (χ1n) is 6.91. The molecule has 0 unspecified atom stereocenters. The van der Waals surface area contributed by atoms with Gasteiger partial charge < -0.3 is 14.8 Å². The van der Waals surface area contributed by atoms with E-state index in [4.69, 9.17) is 9.47 Å². The number of rotatable bonds is 4. The van der Waals surface area contributed by atoms with Gasteiger partial charge in [0.05, 0.1) is 5.25 Å². The smallest absolute Gasteiger partial charge is 0.237 e. The summed E-state index contributed by atoms with van der Waals surface area (Å²) in [5.41, 5.74) is 1.68. The maximum atomic E-state index is 12.3. The monoisotopic (exact) mass is 336 g/mol. The molecule has 1 N–H and O–H groups in total. The zero-order valence-corrected chi connectivity index (χ0v) is 13.9. The van der Waals surface area contributed by atoms with E-state index >= 15 is 0 Å². The first-order chi connectivity index (χ1) is 10.6. The Labute approximate surface area is 137 Å². The Morgan fingerprint density at radius 2 is 2.14 bits per heavy atom. The van der Waals surface area contributed by atoms with Crippen LogP contribution < -0.4 is 14.8 Å². The number of thioether (sulfide) groups is 1. The molecule has 3 rings (SSSR count). The molecule has 5 nitrogen and oxygen atoms in total. The SMILES string of the molecule is Cc1csc(S[C@@H](C)C(=O)Nc2ccc3c(c2)OCCO3)n1. The molecule has 7 heteroatoms. The summed E-state index contributed by atoms with van der Waals surface area (Å²) in [6.07, 6.45) is 0. The van der Waals surface area contributed by atoms with Crippen LogP contribution in [0.2, 0.25) is 0 Å². The number of hydrogen-bond donors (Lipinski definition) is 1. The molecule has 1 amide bonds. The number of carbonyl (C=O) groups is 1. The summed E-state index contributed by atoms with van der Waals surface area (Å²) in [5.74, 6) is 1.32. The van der Waals surface area contributed by atoms with E-state index in [1.807, 2.05) is 31.4 Å². The van der Waals surface area contributed by atoms with Gasteiger partial charge in [-0.2, -0.15) is 0 Å². The van der Waals surface area contributed by atoms with Crippen molar-refractivity contribution in [2.75, 3.05) is 18.5 Å². The highest BCUT2D eigenvalue weighted by Gasteiger charge is 2.18. The fourth-order valence-electron chi connectivity index (χ4n) is 1.96. The summed E-state index contributed by atoms with van der Waals surface area (Å²) < 4.78 is 11.9. The Morgan fingerprint density at radius 3 is 2.86 bits per heavy atom. The van der Waals surface area contributed by atoms with Crippen molar-refractivity contribution in [3.05, 3.63) is 29.3 Å². The second-order valence-corrected chi connectivity index (χ2v) is 7.31. The van der Waals surface area contributed by atoms with Crippen LogP contribution in [0.3, 0.4) is 0 Å². The average molecular weight is 336 g/mol. The lowest BCUT2D eigenvalue weighted by Gasteiger charge is -2.19. The number of aromatic nitrogens is 1. The molecular weight excluding hydrogens is 320 g/mol. The van der Waals surface area contributed by atoms with Gasteiger partial charge >= 0.3 is 0 Å². The fraction of sp³-hybridized carbons (Fsp3) is 0.333. The zero-order chi connectivity index (χ0) is 15.5. The molecule has 0 radical (unpaired) electrons. The van der Waals surface area contributed by atoms with Crippen LogP contribution >= 0.6 is 23.1 Å². The first kappa shape index (κ1) is 15.2. The number of ether oxygens (including phenoxy) is 2. The Morgan fingerprint density at radius 1 is 1.36 bits per heavy atom. The van der Waals surface area contributed by atoms with E-state index in [0.717, 1.165) is 10.0 Å². The summed E-state index contributed by atoms with van der Waals surface area (Å²) in [4.78, 5) is 16.6. The lowest BCUT2D eigenvalue weighted by atomic mass is 10.2. The Kier molecular flexibility index (Phi) is 4.54. The Balaban J connectivity index is 1.63. The lowest BCUT2D eigenvalue weighted by molar-refractivity contribution is -0.115. The molecule has 1 aromatic carbocycles. The molecule has 0 saturated carbocycles. The molecule has 1 aliphatic heterocycles. The van der Waals surface area contributed by atoms with Crippen molar-refractivity contribution in [1.82, 2.24) is 4.98 Å². The van der Waals surface area contributed by atoms with Crippen molar-refractivity contribution in [3.63, 3.8) is 0 Å². The quantitative estimate of drug-likeness (QED) is 0.868. The van der Waals surface area contributed by atoms with Gasteiger partial charge in [-0.1, -0.05) is 11.8 Å². The normalized spacial score (nSPS) is 14.5. The minimum absolute atomic E-state index is 0.0606. The number of aryl methyl sites for hydroxylation is 1. The number of carbonyl (C=O) groups excluding carboxylic acids is 1. The second-order valence-electron chi connectivity index (χ2n) is 4.86. The summed E-state index contributed by atoms with van der Waals surface area (Å²) in [7, 11) is 0. The minimum atomic E-state index is -0.223. The van der Waals surface area contributed by atoms with Crippen LogP contribution in [-0.4, -0.2) is 29.4 Å². The predicted molar refractivity (Wildman–Crippen MR) is 88.2 cm³/mol. The third kappa shape index (κ3) is 3.53.